The Morgan fingerprint density at radius 3 is 2.69 bits per heavy atom. The van der Waals surface area contributed by atoms with Gasteiger partial charge in [0, 0.05) is 17.6 Å². The molecule has 0 saturated heterocycles. The lowest BCUT2D eigenvalue weighted by Gasteiger charge is -2.22. The van der Waals surface area contributed by atoms with Gasteiger partial charge in [-0.15, -0.1) is 0 Å². The van der Waals surface area contributed by atoms with E-state index in [0.717, 1.165) is 0 Å². The first-order valence-corrected chi connectivity index (χ1v) is 7.12. The van der Waals surface area contributed by atoms with Crippen LogP contribution in [0.15, 0.2) is 54.1 Å². The van der Waals surface area contributed by atoms with Gasteiger partial charge in [0.2, 0.25) is 7.37 Å². The number of rotatable bonds is 2. The molecule has 84 valence electrons. The van der Waals surface area contributed by atoms with Crippen LogP contribution in [0.1, 0.15) is 18.4 Å². The molecule has 0 radical (unpaired) electrons. The molecule has 2 atom stereocenters. The lowest BCUT2D eigenvalue weighted by Crippen LogP contribution is -2.07. The smallest absolute Gasteiger partial charge is 0.246 e. The average molecular weight is 234 g/mol. The Kier molecular flexibility index (Phi) is 3.42. The summed E-state index contributed by atoms with van der Waals surface area (Å²) in [7, 11) is -2.63. The average Bonchev–Trinajstić information content (AvgIpc) is 2.31. The maximum atomic E-state index is 12.0. The van der Waals surface area contributed by atoms with Crippen LogP contribution >= 0.6 is 7.37 Å². The van der Waals surface area contributed by atoms with E-state index in [0.29, 0.717) is 6.61 Å². The van der Waals surface area contributed by atoms with E-state index < -0.39 is 7.37 Å². The summed E-state index contributed by atoms with van der Waals surface area (Å²) in [6.45, 7) is 2.34. The molecule has 0 saturated carbocycles. The van der Waals surface area contributed by atoms with Gasteiger partial charge in [-0.05, 0) is 12.5 Å². The molecule has 1 aliphatic heterocycles. The van der Waals surface area contributed by atoms with Crippen LogP contribution in [0, 0.1) is 0 Å². The highest BCUT2D eigenvalue weighted by Crippen LogP contribution is 2.53. The van der Waals surface area contributed by atoms with Crippen LogP contribution < -0.4 is 0 Å². The SMILES string of the molecule is C/C=C/[P@]1(=O)C=C[C@H](c2ccccc2)CO1. The molecule has 16 heavy (non-hydrogen) atoms. The zero-order chi connectivity index (χ0) is 11.4. The van der Waals surface area contributed by atoms with Crippen LogP contribution in [0.2, 0.25) is 0 Å². The van der Waals surface area contributed by atoms with Crippen molar-refractivity contribution in [1.82, 2.24) is 0 Å². The monoisotopic (exact) mass is 234 g/mol. The molecule has 0 bridgehead atoms. The van der Waals surface area contributed by atoms with Crippen molar-refractivity contribution in [3.63, 3.8) is 0 Å². The lowest BCUT2D eigenvalue weighted by atomic mass is 10.0. The molecule has 0 N–H and O–H groups in total. The minimum absolute atomic E-state index is 0.216. The minimum atomic E-state index is -2.63. The Labute approximate surface area is 96.1 Å². The number of benzene rings is 1. The number of allylic oxidation sites excluding steroid dienone is 1. The van der Waals surface area contributed by atoms with Gasteiger partial charge >= 0.3 is 0 Å². The van der Waals surface area contributed by atoms with Crippen molar-refractivity contribution in [2.75, 3.05) is 6.61 Å². The molecule has 0 unspecified atom stereocenters. The van der Waals surface area contributed by atoms with Gasteiger partial charge in [-0.2, -0.15) is 0 Å². The normalized spacial score (nSPS) is 29.7. The summed E-state index contributed by atoms with van der Waals surface area (Å²) >= 11 is 0. The van der Waals surface area contributed by atoms with E-state index in [2.05, 4.69) is 12.1 Å². The molecule has 0 aromatic heterocycles. The molecule has 2 nitrogen and oxygen atoms in total. The summed E-state index contributed by atoms with van der Waals surface area (Å²) in [5.41, 5.74) is 1.20. The van der Waals surface area contributed by atoms with E-state index in [1.807, 2.05) is 31.2 Å². The fraction of sp³-hybridized carbons (Fsp3) is 0.231. The molecule has 0 aliphatic carbocycles. The van der Waals surface area contributed by atoms with E-state index in [-0.39, 0.29) is 5.92 Å². The summed E-state index contributed by atoms with van der Waals surface area (Å²) in [6.07, 6.45) is 3.76. The molecule has 1 heterocycles. The largest absolute Gasteiger partial charge is 0.322 e. The van der Waals surface area contributed by atoms with Crippen molar-refractivity contribution in [1.29, 1.82) is 0 Å². The summed E-state index contributed by atoms with van der Waals surface area (Å²) < 4.78 is 17.5. The molecule has 2 rings (SSSR count). The standard InChI is InChI=1S/C13H15O2P/c1-2-9-16(14)10-8-13(11-15-16)12-6-4-3-5-7-12/h2-10,13H,11H2,1H3/b9-2+/t13-,16+/m0/s1. The lowest BCUT2D eigenvalue weighted by molar-refractivity contribution is 0.308. The van der Waals surface area contributed by atoms with E-state index in [9.17, 15) is 4.57 Å². The molecule has 1 aromatic carbocycles. The zero-order valence-corrected chi connectivity index (χ0v) is 10.1. The highest BCUT2D eigenvalue weighted by molar-refractivity contribution is 7.65. The fourth-order valence-corrected chi connectivity index (χ4v) is 3.26. The third-order valence-corrected chi connectivity index (χ3v) is 4.42. The quantitative estimate of drug-likeness (QED) is 0.719. The van der Waals surface area contributed by atoms with E-state index in [1.54, 1.807) is 17.7 Å². The molecule has 0 spiro atoms. The summed E-state index contributed by atoms with van der Waals surface area (Å²) in [5, 5.41) is 0. The zero-order valence-electron chi connectivity index (χ0n) is 9.24. The Morgan fingerprint density at radius 2 is 2.12 bits per heavy atom. The molecule has 1 aliphatic rings. The maximum absolute atomic E-state index is 12.0. The summed E-state index contributed by atoms with van der Waals surface area (Å²) in [5.74, 6) is 3.56. The van der Waals surface area contributed by atoms with Crippen molar-refractivity contribution >= 4 is 7.37 Å². The van der Waals surface area contributed by atoms with Crippen LogP contribution in [0.25, 0.3) is 0 Å². The molecule has 0 amide bonds. The van der Waals surface area contributed by atoms with Gasteiger partial charge in [0.05, 0.1) is 6.61 Å². The third kappa shape index (κ3) is 2.52. The van der Waals surface area contributed by atoms with Crippen LogP contribution in [0.5, 0.6) is 0 Å². The maximum Gasteiger partial charge on any atom is 0.246 e. The van der Waals surface area contributed by atoms with Crippen LogP contribution in [-0.4, -0.2) is 6.61 Å². The predicted molar refractivity (Wildman–Crippen MR) is 66.7 cm³/mol. The number of hydrogen-bond donors (Lipinski definition) is 0. The highest BCUT2D eigenvalue weighted by Gasteiger charge is 2.23. The second kappa shape index (κ2) is 4.82. The Bertz CT molecular complexity index is 448. The molecular weight excluding hydrogens is 219 g/mol. The van der Waals surface area contributed by atoms with Gasteiger partial charge in [-0.25, -0.2) is 0 Å². The number of hydrogen-bond acceptors (Lipinski definition) is 2. The molecular formula is C13H15O2P. The first-order valence-electron chi connectivity index (χ1n) is 5.36. The predicted octanol–water partition coefficient (Wildman–Crippen LogP) is 4.13. The fourth-order valence-electron chi connectivity index (χ4n) is 1.73. The highest BCUT2D eigenvalue weighted by atomic mass is 31.2. The van der Waals surface area contributed by atoms with Gasteiger partial charge in [0.15, 0.2) is 0 Å². The Morgan fingerprint density at radius 1 is 1.38 bits per heavy atom. The Balaban J connectivity index is 2.18. The van der Waals surface area contributed by atoms with Gasteiger partial charge in [-0.1, -0.05) is 42.5 Å². The minimum Gasteiger partial charge on any atom is -0.322 e. The van der Waals surface area contributed by atoms with Crippen LogP contribution in [0.3, 0.4) is 0 Å². The second-order valence-electron chi connectivity index (χ2n) is 3.78. The Hall–Kier alpha value is -1.11. The molecule has 1 aromatic rings. The third-order valence-electron chi connectivity index (χ3n) is 2.57. The van der Waals surface area contributed by atoms with Crippen LogP contribution in [0.4, 0.5) is 0 Å². The van der Waals surface area contributed by atoms with Gasteiger partial charge in [0.1, 0.15) is 0 Å². The van der Waals surface area contributed by atoms with Crippen molar-refractivity contribution in [3.05, 3.63) is 59.7 Å². The van der Waals surface area contributed by atoms with Crippen LogP contribution in [-0.2, 0) is 9.09 Å². The first kappa shape index (κ1) is 11.4. The van der Waals surface area contributed by atoms with Gasteiger partial charge < -0.3 is 4.52 Å². The van der Waals surface area contributed by atoms with Crippen molar-refractivity contribution in [2.45, 2.75) is 12.8 Å². The van der Waals surface area contributed by atoms with Crippen molar-refractivity contribution in [3.8, 4) is 0 Å². The van der Waals surface area contributed by atoms with Crippen molar-refractivity contribution in [2.24, 2.45) is 0 Å². The second-order valence-corrected chi connectivity index (χ2v) is 5.93. The summed E-state index contributed by atoms with van der Waals surface area (Å²) in [6, 6.07) is 10.1. The van der Waals surface area contributed by atoms with Gasteiger partial charge in [0.25, 0.3) is 0 Å². The topological polar surface area (TPSA) is 26.3 Å². The van der Waals surface area contributed by atoms with E-state index >= 15 is 0 Å². The van der Waals surface area contributed by atoms with Gasteiger partial charge in [-0.3, -0.25) is 4.57 Å². The van der Waals surface area contributed by atoms with E-state index in [4.69, 9.17) is 4.52 Å². The summed E-state index contributed by atoms with van der Waals surface area (Å²) in [4.78, 5) is 0. The first-order chi connectivity index (χ1) is 7.73. The van der Waals surface area contributed by atoms with Crippen molar-refractivity contribution < 1.29 is 9.09 Å². The van der Waals surface area contributed by atoms with E-state index in [1.165, 1.54) is 5.56 Å². The molecule has 3 heteroatoms. The molecule has 0 fully saturated rings.